The zero-order chi connectivity index (χ0) is 12.6. The summed E-state index contributed by atoms with van der Waals surface area (Å²) in [5, 5.41) is 0. The molecule has 0 saturated carbocycles. The van der Waals surface area contributed by atoms with Crippen molar-refractivity contribution in [3.63, 3.8) is 0 Å². The van der Waals surface area contributed by atoms with E-state index < -0.39 is 0 Å². The molecule has 1 heterocycles. The van der Waals surface area contributed by atoms with E-state index in [-0.39, 0.29) is 18.0 Å². The Kier molecular flexibility index (Phi) is 3.20. The maximum Gasteiger partial charge on any atom is 0.228 e. The highest BCUT2D eigenvalue weighted by atomic mass is 16.2. The van der Waals surface area contributed by atoms with Gasteiger partial charge in [-0.2, -0.15) is 0 Å². The van der Waals surface area contributed by atoms with Crippen LogP contribution < -0.4 is 10.6 Å². The van der Waals surface area contributed by atoms with Crippen molar-refractivity contribution in [2.24, 2.45) is 5.73 Å². The largest absolute Gasteiger partial charge is 0.325 e. The third-order valence-corrected chi connectivity index (χ3v) is 3.65. The monoisotopic (exact) mass is 232 g/mol. The molecule has 3 nitrogen and oxygen atoms in total. The summed E-state index contributed by atoms with van der Waals surface area (Å²) in [6.07, 6.45) is 1.39. The average Bonchev–Trinajstić information content (AvgIpc) is 2.54. The number of benzene rings is 1. The fourth-order valence-electron chi connectivity index (χ4n) is 2.57. The van der Waals surface area contributed by atoms with Crippen LogP contribution in [0.15, 0.2) is 18.2 Å². The van der Waals surface area contributed by atoms with Crippen molar-refractivity contribution in [3.05, 3.63) is 29.3 Å². The van der Waals surface area contributed by atoms with Crippen LogP contribution in [0.2, 0.25) is 0 Å². The van der Waals surface area contributed by atoms with Crippen LogP contribution in [0.25, 0.3) is 0 Å². The molecule has 2 atom stereocenters. The number of nitrogens with two attached hydrogens (primary N) is 1. The number of nitrogens with zero attached hydrogens (tertiary/aromatic N) is 1. The standard InChI is InChI=1S/C14H20N2O/c1-4-11-7-5-6-9(2)14(11)16-10(3)12(15)8-13(16)17/h5-7,10,12H,4,8,15H2,1-3H3. The number of hydrogen-bond acceptors (Lipinski definition) is 2. The van der Waals surface area contributed by atoms with Crippen LogP contribution in [0.4, 0.5) is 5.69 Å². The summed E-state index contributed by atoms with van der Waals surface area (Å²) in [6.45, 7) is 6.20. The summed E-state index contributed by atoms with van der Waals surface area (Å²) in [7, 11) is 0. The Balaban J connectivity index is 2.50. The van der Waals surface area contributed by atoms with E-state index in [9.17, 15) is 4.79 Å². The summed E-state index contributed by atoms with van der Waals surface area (Å²) >= 11 is 0. The van der Waals surface area contributed by atoms with Crippen molar-refractivity contribution in [2.75, 3.05) is 4.90 Å². The van der Waals surface area contributed by atoms with E-state index in [0.717, 1.165) is 17.7 Å². The molecule has 1 aromatic carbocycles. The smallest absolute Gasteiger partial charge is 0.228 e. The third-order valence-electron chi connectivity index (χ3n) is 3.65. The van der Waals surface area contributed by atoms with Crippen molar-refractivity contribution in [1.82, 2.24) is 0 Å². The Morgan fingerprint density at radius 1 is 1.47 bits per heavy atom. The molecule has 3 heteroatoms. The highest BCUT2D eigenvalue weighted by Gasteiger charge is 2.36. The molecule has 2 rings (SSSR count). The Hall–Kier alpha value is -1.35. The first kappa shape index (κ1) is 12.1. The topological polar surface area (TPSA) is 46.3 Å². The molecule has 0 spiro atoms. The van der Waals surface area contributed by atoms with E-state index >= 15 is 0 Å². The Labute approximate surface area is 103 Å². The van der Waals surface area contributed by atoms with Crippen LogP contribution in [0.1, 0.15) is 31.4 Å². The van der Waals surface area contributed by atoms with Gasteiger partial charge in [0.05, 0.1) is 5.69 Å². The van der Waals surface area contributed by atoms with Gasteiger partial charge < -0.3 is 10.6 Å². The predicted octanol–water partition coefficient (Wildman–Crippen LogP) is 2.01. The molecule has 1 saturated heterocycles. The van der Waals surface area contributed by atoms with E-state index in [4.69, 9.17) is 5.73 Å². The average molecular weight is 232 g/mol. The minimum Gasteiger partial charge on any atom is -0.325 e. The Morgan fingerprint density at radius 2 is 2.18 bits per heavy atom. The number of carbonyl (C=O) groups excluding carboxylic acids is 1. The molecule has 92 valence electrons. The lowest BCUT2D eigenvalue weighted by molar-refractivity contribution is -0.117. The van der Waals surface area contributed by atoms with Gasteiger partial charge in [-0.25, -0.2) is 0 Å². The van der Waals surface area contributed by atoms with E-state index in [0.29, 0.717) is 6.42 Å². The van der Waals surface area contributed by atoms with Crippen molar-refractivity contribution in [2.45, 2.75) is 45.7 Å². The second-order valence-electron chi connectivity index (χ2n) is 4.81. The molecule has 0 radical (unpaired) electrons. The minimum atomic E-state index is -0.0492. The molecule has 1 amide bonds. The fourth-order valence-corrected chi connectivity index (χ4v) is 2.57. The first-order valence-electron chi connectivity index (χ1n) is 6.22. The van der Waals surface area contributed by atoms with Gasteiger partial charge in [-0.1, -0.05) is 25.1 Å². The van der Waals surface area contributed by atoms with Gasteiger partial charge in [-0.05, 0) is 31.4 Å². The molecule has 1 aliphatic heterocycles. The summed E-state index contributed by atoms with van der Waals surface area (Å²) in [5.74, 6) is 0.147. The van der Waals surface area contributed by atoms with Crippen molar-refractivity contribution in [1.29, 1.82) is 0 Å². The number of rotatable bonds is 2. The lowest BCUT2D eigenvalue weighted by atomic mass is 10.0. The number of para-hydroxylation sites is 1. The zero-order valence-electron chi connectivity index (χ0n) is 10.7. The first-order valence-corrected chi connectivity index (χ1v) is 6.22. The van der Waals surface area contributed by atoms with Crippen LogP contribution in [0.3, 0.4) is 0 Å². The van der Waals surface area contributed by atoms with E-state index in [1.807, 2.05) is 17.9 Å². The number of carbonyl (C=O) groups is 1. The highest BCUT2D eigenvalue weighted by molar-refractivity contribution is 5.98. The molecule has 2 unspecified atom stereocenters. The fraction of sp³-hybridized carbons (Fsp3) is 0.500. The Bertz CT molecular complexity index is 442. The number of anilines is 1. The molecular formula is C14H20N2O. The van der Waals surface area contributed by atoms with Gasteiger partial charge >= 0.3 is 0 Å². The second kappa shape index (κ2) is 4.49. The van der Waals surface area contributed by atoms with Crippen molar-refractivity contribution < 1.29 is 4.79 Å². The second-order valence-corrected chi connectivity index (χ2v) is 4.81. The minimum absolute atomic E-state index is 0.0492. The molecule has 0 aromatic heterocycles. The molecule has 1 aromatic rings. The number of aryl methyl sites for hydroxylation is 2. The molecule has 1 fully saturated rings. The summed E-state index contributed by atoms with van der Waals surface area (Å²) < 4.78 is 0. The van der Waals surface area contributed by atoms with E-state index in [2.05, 4.69) is 26.0 Å². The lowest BCUT2D eigenvalue weighted by Crippen LogP contribution is -2.38. The number of amides is 1. The van der Waals surface area contributed by atoms with E-state index in [1.54, 1.807) is 0 Å². The summed E-state index contributed by atoms with van der Waals surface area (Å²) in [5.41, 5.74) is 9.42. The molecule has 2 N–H and O–H groups in total. The first-order chi connectivity index (χ1) is 8.06. The molecule has 0 aliphatic carbocycles. The quantitative estimate of drug-likeness (QED) is 0.848. The van der Waals surface area contributed by atoms with Gasteiger partial charge in [-0.3, -0.25) is 4.79 Å². The molecule has 17 heavy (non-hydrogen) atoms. The van der Waals surface area contributed by atoms with Gasteiger partial charge in [0.15, 0.2) is 0 Å². The van der Waals surface area contributed by atoms with Crippen LogP contribution >= 0.6 is 0 Å². The third kappa shape index (κ3) is 1.95. The molecule has 0 bridgehead atoms. The predicted molar refractivity (Wildman–Crippen MR) is 70.1 cm³/mol. The summed E-state index contributed by atoms with van der Waals surface area (Å²) in [4.78, 5) is 13.9. The van der Waals surface area contributed by atoms with Crippen molar-refractivity contribution >= 4 is 11.6 Å². The lowest BCUT2D eigenvalue weighted by Gasteiger charge is -2.27. The van der Waals surface area contributed by atoms with Crippen LogP contribution in [0, 0.1) is 6.92 Å². The van der Waals surface area contributed by atoms with Crippen molar-refractivity contribution in [3.8, 4) is 0 Å². The zero-order valence-corrected chi connectivity index (χ0v) is 10.7. The van der Waals surface area contributed by atoms with Gasteiger partial charge in [0.25, 0.3) is 0 Å². The van der Waals surface area contributed by atoms with E-state index in [1.165, 1.54) is 5.56 Å². The normalized spacial score (nSPS) is 24.5. The van der Waals surface area contributed by atoms with Crippen LogP contribution in [0.5, 0.6) is 0 Å². The van der Waals surface area contributed by atoms with Gasteiger partial charge in [0.1, 0.15) is 0 Å². The van der Waals surface area contributed by atoms with Gasteiger partial charge in [0.2, 0.25) is 5.91 Å². The molecular weight excluding hydrogens is 212 g/mol. The van der Waals surface area contributed by atoms with Crippen LogP contribution in [-0.4, -0.2) is 18.0 Å². The van der Waals surface area contributed by atoms with Gasteiger partial charge in [-0.15, -0.1) is 0 Å². The Morgan fingerprint density at radius 3 is 2.71 bits per heavy atom. The highest BCUT2D eigenvalue weighted by Crippen LogP contribution is 2.32. The summed E-state index contributed by atoms with van der Waals surface area (Å²) in [6, 6.07) is 6.23. The molecule has 1 aliphatic rings. The maximum atomic E-state index is 12.1. The SMILES string of the molecule is CCc1cccc(C)c1N1C(=O)CC(N)C1C. The van der Waals surface area contributed by atoms with Gasteiger partial charge in [0, 0.05) is 18.5 Å². The number of hydrogen-bond donors (Lipinski definition) is 1. The maximum absolute atomic E-state index is 12.1. The van der Waals surface area contributed by atoms with Crippen LogP contribution in [-0.2, 0) is 11.2 Å².